The van der Waals surface area contributed by atoms with Gasteiger partial charge in [-0.05, 0) is 61.9 Å². The van der Waals surface area contributed by atoms with Crippen LogP contribution in [-0.2, 0) is 25.2 Å². The number of phenolic OH excluding ortho intramolecular Hbond substituents is 1. The van der Waals surface area contributed by atoms with Gasteiger partial charge in [-0.1, -0.05) is 6.92 Å². The van der Waals surface area contributed by atoms with Gasteiger partial charge < -0.3 is 5.11 Å². The molecule has 9 aromatic rings. The van der Waals surface area contributed by atoms with Gasteiger partial charge in [0, 0.05) is 41.2 Å². The number of aromatic amines is 1. The van der Waals surface area contributed by atoms with E-state index in [-0.39, 0.29) is 33.7 Å². The van der Waals surface area contributed by atoms with Crippen LogP contribution in [0.1, 0.15) is 36.4 Å². The minimum absolute atomic E-state index is 0.0732. The van der Waals surface area contributed by atoms with Crippen molar-refractivity contribution in [1.82, 2.24) is 38.9 Å². The highest BCUT2D eigenvalue weighted by molar-refractivity contribution is 5.85. The summed E-state index contributed by atoms with van der Waals surface area (Å²) in [5.41, 5.74) is -2.54. The molecule has 5 aromatic heterocycles. The van der Waals surface area contributed by atoms with Crippen LogP contribution in [-0.4, -0.2) is 50.0 Å². The number of rotatable bonds is 7. The van der Waals surface area contributed by atoms with Gasteiger partial charge in [-0.2, -0.15) is 31.4 Å². The van der Waals surface area contributed by atoms with Crippen LogP contribution >= 0.6 is 0 Å². The van der Waals surface area contributed by atoms with E-state index in [9.17, 15) is 57.8 Å². The number of alkyl halides is 8. The molecule has 0 bridgehead atoms. The number of nitrogens with one attached hydrogen (secondary N) is 1. The van der Waals surface area contributed by atoms with Gasteiger partial charge in [0.25, 0.3) is 5.92 Å². The fraction of sp³-hybridized carbons (Fsp3) is 0.159. The molecule has 66 heavy (non-hydrogen) atoms. The number of hydrogen-bond acceptors (Lipinski definition) is 6. The zero-order chi connectivity index (χ0) is 47.6. The number of fused-ring (bicyclic) bond motifs is 3. The Morgan fingerprint density at radius 3 is 1.64 bits per heavy atom. The summed E-state index contributed by atoms with van der Waals surface area (Å²) in [5.74, 6) is -10.0. The average Bonchev–Trinajstić information content (AvgIpc) is 3.95. The zero-order valence-electron chi connectivity index (χ0n) is 33.6. The van der Waals surface area contributed by atoms with E-state index in [4.69, 9.17) is 0 Å². The predicted octanol–water partition coefficient (Wildman–Crippen LogP) is 12.2. The third-order valence-corrected chi connectivity index (χ3v) is 10.2. The number of imidazole rings is 2. The quantitative estimate of drug-likeness (QED) is 0.154. The number of halogens is 13. The van der Waals surface area contributed by atoms with Gasteiger partial charge in [0.2, 0.25) is 0 Å². The van der Waals surface area contributed by atoms with Crippen LogP contribution in [0.2, 0.25) is 0 Å². The van der Waals surface area contributed by atoms with Crippen molar-refractivity contribution in [3.63, 3.8) is 0 Å². The molecule has 9 rings (SSSR count). The van der Waals surface area contributed by atoms with E-state index in [1.165, 1.54) is 24.7 Å². The SMILES string of the molecule is CC(F)(F)Cc1nc2cnc(-c3ccc(F)c(C(F)(F)F)c3)cn2c1-c1c(F)cc(O)cc1F.CCc1nc2cnc(-c3ccc(F)c(C(F)(F)F)c3)cn2c1-c1ccc2[nH]ncc2c1F. The maximum absolute atomic E-state index is 15.3. The number of phenols is 1. The minimum Gasteiger partial charge on any atom is -0.508 e. The summed E-state index contributed by atoms with van der Waals surface area (Å²) in [4.78, 5) is 16.6. The molecule has 0 saturated carbocycles. The molecule has 9 nitrogen and oxygen atoms in total. The lowest BCUT2D eigenvalue weighted by Crippen LogP contribution is -2.15. The molecular weight excluding hydrogens is 904 g/mol. The van der Waals surface area contributed by atoms with E-state index >= 15 is 4.39 Å². The molecule has 0 aliphatic carbocycles. The van der Waals surface area contributed by atoms with Crippen LogP contribution < -0.4 is 0 Å². The highest BCUT2D eigenvalue weighted by Gasteiger charge is 2.36. The van der Waals surface area contributed by atoms with Crippen molar-refractivity contribution in [2.24, 2.45) is 0 Å². The number of benzene rings is 4. The summed E-state index contributed by atoms with van der Waals surface area (Å²) in [6.45, 7) is 2.44. The molecule has 0 amide bonds. The number of hydrogen-bond donors (Lipinski definition) is 2. The first kappa shape index (κ1) is 45.1. The van der Waals surface area contributed by atoms with Crippen LogP contribution in [0.4, 0.5) is 57.1 Å². The smallest absolute Gasteiger partial charge is 0.419 e. The monoisotopic (exact) mass is 930 g/mol. The molecule has 0 atom stereocenters. The number of aryl methyl sites for hydroxylation is 1. The highest BCUT2D eigenvalue weighted by Crippen LogP contribution is 2.39. The second-order valence-corrected chi connectivity index (χ2v) is 14.8. The van der Waals surface area contributed by atoms with E-state index in [0.717, 1.165) is 28.9 Å². The lowest BCUT2D eigenvalue weighted by atomic mass is 10.0. The molecule has 0 fully saturated rings. The number of nitrogens with zero attached hydrogens (tertiary/aromatic N) is 7. The van der Waals surface area contributed by atoms with Gasteiger partial charge in [0.05, 0.1) is 86.8 Å². The third-order valence-electron chi connectivity index (χ3n) is 10.2. The van der Waals surface area contributed by atoms with Crippen LogP contribution in [0.3, 0.4) is 0 Å². The molecule has 0 aliphatic rings. The maximum Gasteiger partial charge on any atom is 0.419 e. The summed E-state index contributed by atoms with van der Waals surface area (Å²) in [5, 5.41) is 16.3. The lowest BCUT2D eigenvalue weighted by Gasteiger charge is -2.13. The van der Waals surface area contributed by atoms with Crippen molar-refractivity contribution in [2.45, 2.75) is 45.0 Å². The predicted molar refractivity (Wildman–Crippen MR) is 213 cm³/mol. The van der Waals surface area contributed by atoms with E-state index in [1.54, 1.807) is 16.5 Å². The third kappa shape index (κ3) is 8.56. The van der Waals surface area contributed by atoms with E-state index in [1.807, 2.05) is 6.92 Å². The van der Waals surface area contributed by atoms with Gasteiger partial charge >= 0.3 is 12.4 Å². The van der Waals surface area contributed by atoms with Crippen LogP contribution in [0, 0.1) is 29.1 Å². The summed E-state index contributed by atoms with van der Waals surface area (Å²) >= 11 is 0. The Kier molecular flexibility index (Phi) is 11.3. The molecule has 0 aliphatic heterocycles. The largest absolute Gasteiger partial charge is 0.508 e. The Bertz CT molecular complexity index is 3310. The van der Waals surface area contributed by atoms with Crippen molar-refractivity contribution in [1.29, 1.82) is 0 Å². The molecule has 340 valence electrons. The molecule has 0 spiro atoms. The highest BCUT2D eigenvalue weighted by atomic mass is 19.4. The number of aromatic hydroxyl groups is 1. The molecule has 0 saturated heterocycles. The lowest BCUT2D eigenvalue weighted by molar-refractivity contribution is -0.140. The van der Waals surface area contributed by atoms with Gasteiger partial charge in [-0.15, -0.1) is 0 Å². The maximum atomic E-state index is 15.3. The zero-order valence-corrected chi connectivity index (χ0v) is 33.6. The van der Waals surface area contributed by atoms with E-state index in [2.05, 4.69) is 30.1 Å². The molecule has 22 heteroatoms. The van der Waals surface area contributed by atoms with Gasteiger partial charge in [-0.25, -0.2) is 40.7 Å². The van der Waals surface area contributed by atoms with E-state index in [0.29, 0.717) is 71.6 Å². The number of aromatic nitrogens is 8. The Morgan fingerprint density at radius 2 is 1.14 bits per heavy atom. The van der Waals surface area contributed by atoms with Crippen LogP contribution in [0.5, 0.6) is 5.75 Å². The van der Waals surface area contributed by atoms with Crippen molar-refractivity contribution < 1.29 is 62.2 Å². The molecular formula is C44H27F13N8O. The number of H-pyrrole nitrogens is 1. The van der Waals surface area contributed by atoms with Crippen molar-refractivity contribution in [3.05, 3.63) is 143 Å². The fourth-order valence-corrected chi connectivity index (χ4v) is 7.27. The van der Waals surface area contributed by atoms with Gasteiger partial charge in [0.15, 0.2) is 11.3 Å². The molecule has 5 heterocycles. The van der Waals surface area contributed by atoms with Gasteiger partial charge in [-0.3, -0.25) is 23.9 Å². The summed E-state index contributed by atoms with van der Waals surface area (Å²) in [6.07, 6.45) is -4.06. The standard InChI is InChI=1S/C22H13F8N3O.C22H14F5N5/c1-21(26,27)7-16-20(19-14(24)5-11(34)6-15(19)25)33-9-17(31-8-18(33)32-16)10-2-3-13(23)12(4-10)22(28,29)30;1-2-16-21(12-4-6-17-13(20(12)24)8-29-31-17)32-10-18(28-9-19(32)30-16)11-3-5-15(23)14(7-11)22(25,26)27/h2-6,8-9,34H,7H2,1H3;3-10H,2H2,1H3,(H,29,31). The second kappa shape index (κ2) is 16.5. The summed E-state index contributed by atoms with van der Waals surface area (Å²) in [7, 11) is 0. The first-order valence-electron chi connectivity index (χ1n) is 19.2. The first-order chi connectivity index (χ1) is 31.0. The molecule has 4 aromatic carbocycles. The first-order valence-corrected chi connectivity index (χ1v) is 19.2. The van der Waals surface area contributed by atoms with Crippen LogP contribution in [0.15, 0.2) is 91.6 Å². The summed E-state index contributed by atoms with van der Waals surface area (Å²) in [6, 6.07) is 9.21. The minimum atomic E-state index is -5.00. The topological polar surface area (TPSA) is 109 Å². The van der Waals surface area contributed by atoms with Crippen LogP contribution in [0.25, 0.3) is 67.2 Å². The van der Waals surface area contributed by atoms with Crippen molar-refractivity contribution >= 4 is 22.2 Å². The Labute approximate surface area is 361 Å². The Morgan fingerprint density at radius 1 is 0.621 bits per heavy atom. The molecule has 0 unspecified atom stereocenters. The average molecular weight is 931 g/mol. The fourth-order valence-electron chi connectivity index (χ4n) is 7.27. The van der Waals surface area contributed by atoms with Crippen molar-refractivity contribution in [2.75, 3.05) is 0 Å². The molecule has 0 radical (unpaired) electrons. The van der Waals surface area contributed by atoms with Crippen molar-refractivity contribution in [3.8, 4) is 50.8 Å². The summed E-state index contributed by atoms with van der Waals surface area (Å²) < 4.78 is 181. The van der Waals surface area contributed by atoms with E-state index < -0.39 is 87.6 Å². The Balaban J connectivity index is 0.000000180. The normalized spacial score (nSPS) is 12.3. The second-order valence-electron chi connectivity index (χ2n) is 14.8. The van der Waals surface area contributed by atoms with Gasteiger partial charge in [0.1, 0.15) is 34.8 Å². The Hall–Kier alpha value is -7.52. The molecule has 2 N–H and O–H groups in total.